The molecule has 6 nitrogen and oxygen atoms in total. The van der Waals surface area contributed by atoms with Crippen LogP contribution in [0.25, 0.3) is 0 Å². The van der Waals surface area contributed by atoms with E-state index in [0.29, 0.717) is 24.8 Å². The molecule has 0 saturated heterocycles. The fourth-order valence-corrected chi connectivity index (χ4v) is 3.33. The molecule has 6 heteroatoms. The van der Waals surface area contributed by atoms with Gasteiger partial charge in [-0.2, -0.15) is 5.10 Å². The van der Waals surface area contributed by atoms with Crippen molar-refractivity contribution in [2.45, 2.75) is 52.8 Å². The maximum Gasteiger partial charge on any atom is 0.261 e. The number of carbonyl (C=O) groups excluding carboxylic acids is 1. The molecular formula is C23H28N4O2. The number of carbonyl (C=O) groups is 1. The minimum Gasteiger partial charge on any atom is -0.481 e. The van der Waals surface area contributed by atoms with E-state index in [1.54, 1.807) is 17.9 Å². The molecule has 152 valence electrons. The van der Waals surface area contributed by atoms with Gasteiger partial charge in [-0.05, 0) is 54.2 Å². The van der Waals surface area contributed by atoms with Gasteiger partial charge in [-0.15, -0.1) is 0 Å². The maximum absolute atomic E-state index is 12.5. The monoisotopic (exact) mass is 392 g/mol. The van der Waals surface area contributed by atoms with Crippen LogP contribution in [-0.4, -0.2) is 26.8 Å². The lowest BCUT2D eigenvalue weighted by Crippen LogP contribution is -2.36. The molecule has 3 aromatic rings. The normalized spacial score (nSPS) is 12.0. The highest BCUT2D eigenvalue weighted by molar-refractivity contribution is 5.80. The fourth-order valence-electron chi connectivity index (χ4n) is 3.33. The number of ether oxygens (including phenoxy) is 1. The van der Waals surface area contributed by atoms with E-state index >= 15 is 0 Å². The van der Waals surface area contributed by atoms with Gasteiger partial charge in [0.05, 0.1) is 6.54 Å². The molecule has 0 bridgehead atoms. The SMILES string of the molecule is Cc1cc(OC(C)C(=O)NCc2ccccc2Cn2cncn2)ccc1C(C)C. The third kappa shape index (κ3) is 5.44. The molecule has 0 aliphatic heterocycles. The first-order valence-electron chi connectivity index (χ1n) is 9.88. The molecule has 0 aliphatic rings. The Kier molecular flexibility index (Phi) is 6.65. The number of amides is 1. The topological polar surface area (TPSA) is 69.0 Å². The van der Waals surface area contributed by atoms with Crippen LogP contribution in [0, 0.1) is 6.92 Å². The highest BCUT2D eigenvalue weighted by Gasteiger charge is 2.16. The summed E-state index contributed by atoms with van der Waals surface area (Å²) in [6, 6.07) is 14.0. The molecule has 3 rings (SSSR count). The van der Waals surface area contributed by atoms with Gasteiger partial charge in [0.2, 0.25) is 0 Å². The van der Waals surface area contributed by atoms with E-state index < -0.39 is 6.10 Å². The van der Waals surface area contributed by atoms with E-state index in [1.165, 1.54) is 17.5 Å². The Hall–Kier alpha value is -3.15. The van der Waals surface area contributed by atoms with Crippen LogP contribution in [0.3, 0.4) is 0 Å². The van der Waals surface area contributed by atoms with Crippen molar-refractivity contribution in [2.24, 2.45) is 0 Å². The van der Waals surface area contributed by atoms with Crippen molar-refractivity contribution in [2.75, 3.05) is 0 Å². The van der Waals surface area contributed by atoms with Gasteiger partial charge in [-0.1, -0.05) is 44.2 Å². The van der Waals surface area contributed by atoms with Crippen molar-refractivity contribution in [1.82, 2.24) is 20.1 Å². The Morgan fingerprint density at radius 3 is 2.55 bits per heavy atom. The van der Waals surface area contributed by atoms with Crippen molar-refractivity contribution in [3.63, 3.8) is 0 Å². The van der Waals surface area contributed by atoms with Gasteiger partial charge in [-0.3, -0.25) is 4.79 Å². The Labute approximate surface area is 171 Å². The van der Waals surface area contributed by atoms with Gasteiger partial charge in [-0.25, -0.2) is 9.67 Å². The van der Waals surface area contributed by atoms with Crippen molar-refractivity contribution < 1.29 is 9.53 Å². The summed E-state index contributed by atoms with van der Waals surface area (Å²) < 4.78 is 7.62. The Bertz CT molecular complexity index is 951. The third-order valence-corrected chi connectivity index (χ3v) is 4.92. The number of benzene rings is 2. The lowest BCUT2D eigenvalue weighted by molar-refractivity contribution is -0.127. The minimum atomic E-state index is -0.582. The molecular weight excluding hydrogens is 364 g/mol. The predicted molar refractivity (Wildman–Crippen MR) is 113 cm³/mol. The number of hydrogen-bond acceptors (Lipinski definition) is 4. The lowest BCUT2D eigenvalue weighted by Gasteiger charge is -2.17. The quantitative estimate of drug-likeness (QED) is 0.632. The number of aryl methyl sites for hydroxylation is 1. The van der Waals surface area contributed by atoms with Crippen LogP contribution in [0.5, 0.6) is 5.75 Å². The van der Waals surface area contributed by atoms with Crippen molar-refractivity contribution in [3.8, 4) is 5.75 Å². The molecule has 0 saturated carbocycles. The summed E-state index contributed by atoms with van der Waals surface area (Å²) in [4.78, 5) is 16.5. The largest absolute Gasteiger partial charge is 0.481 e. The minimum absolute atomic E-state index is 0.147. The average molecular weight is 393 g/mol. The molecule has 1 unspecified atom stereocenters. The van der Waals surface area contributed by atoms with Gasteiger partial charge in [0.1, 0.15) is 18.4 Å². The smallest absolute Gasteiger partial charge is 0.261 e. The van der Waals surface area contributed by atoms with E-state index in [1.807, 2.05) is 36.4 Å². The zero-order valence-corrected chi connectivity index (χ0v) is 17.4. The van der Waals surface area contributed by atoms with E-state index in [0.717, 1.165) is 11.1 Å². The molecule has 0 fully saturated rings. The van der Waals surface area contributed by atoms with Crippen LogP contribution >= 0.6 is 0 Å². The van der Waals surface area contributed by atoms with E-state index in [2.05, 4.69) is 42.2 Å². The van der Waals surface area contributed by atoms with Gasteiger partial charge < -0.3 is 10.1 Å². The zero-order chi connectivity index (χ0) is 20.8. The molecule has 0 spiro atoms. The van der Waals surface area contributed by atoms with Crippen LogP contribution in [0.4, 0.5) is 0 Å². The Balaban J connectivity index is 1.59. The standard InChI is InChI=1S/C23H28N4O2/c1-16(2)22-10-9-21(11-17(22)3)29-18(4)23(28)25-12-19-7-5-6-8-20(19)13-27-15-24-14-26-27/h5-11,14-16,18H,12-13H2,1-4H3,(H,25,28). The van der Waals surface area contributed by atoms with Crippen LogP contribution in [-0.2, 0) is 17.9 Å². The summed E-state index contributed by atoms with van der Waals surface area (Å²) in [5.41, 5.74) is 4.60. The first kappa shape index (κ1) is 20.6. The number of rotatable bonds is 8. The molecule has 0 radical (unpaired) electrons. The van der Waals surface area contributed by atoms with Crippen LogP contribution in [0.15, 0.2) is 55.1 Å². The van der Waals surface area contributed by atoms with E-state index in [4.69, 9.17) is 4.74 Å². The Morgan fingerprint density at radius 1 is 1.14 bits per heavy atom. The highest BCUT2D eigenvalue weighted by atomic mass is 16.5. The molecule has 1 aromatic heterocycles. The molecule has 29 heavy (non-hydrogen) atoms. The fraction of sp³-hybridized carbons (Fsp3) is 0.348. The highest BCUT2D eigenvalue weighted by Crippen LogP contribution is 2.24. The van der Waals surface area contributed by atoms with Crippen LogP contribution in [0.2, 0.25) is 0 Å². The number of nitrogens with one attached hydrogen (secondary N) is 1. The van der Waals surface area contributed by atoms with Gasteiger partial charge in [0.25, 0.3) is 5.91 Å². The number of nitrogens with zero attached hydrogens (tertiary/aromatic N) is 3. The Morgan fingerprint density at radius 2 is 1.90 bits per heavy atom. The first-order valence-corrected chi connectivity index (χ1v) is 9.88. The summed E-state index contributed by atoms with van der Waals surface area (Å²) in [5.74, 6) is 1.02. The summed E-state index contributed by atoms with van der Waals surface area (Å²) in [7, 11) is 0. The molecule has 2 aromatic carbocycles. The van der Waals surface area contributed by atoms with Gasteiger partial charge in [0.15, 0.2) is 6.10 Å². The summed E-state index contributed by atoms with van der Waals surface area (Å²) >= 11 is 0. The number of hydrogen-bond donors (Lipinski definition) is 1. The number of aromatic nitrogens is 3. The maximum atomic E-state index is 12.5. The van der Waals surface area contributed by atoms with Gasteiger partial charge >= 0.3 is 0 Å². The van der Waals surface area contributed by atoms with Crippen molar-refractivity contribution in [3.05, 3.63) is 77.4 Å². The molecule has 1 N–H and O–H groups in total. The second kappa shape index (κ2) is 9.37. The summed E-state index contributed by atoms with van der Waals surface area (Å²) in [5, 5.41) is 7.12. The van der Waals surface area contributed by atoms with E-state index in [-0.39, 0.29) is 5.91 Å². The second-order valence-corrected chi connectivity index (χ2v) is 7.51. The first-order chi connectivity index (χ1) is 13.9. The molecule has 1 heterocycles. The predicted octanol–water partition coefficient (Wildman–Crippen LogP) is 3.84. The zero-order valence-electron chi connectivity index (χ0n) is 17.4. The van der Waals surface area contributed by atoms with Gasteiger partial charge in [0, 0.05) is 6.54 Å². The van der Waals surface area contributed by atoms with Crippen molar-refractivity contribution >= 4 is 5.91 Å². The summed E-state index contributed by atoms with van der Waals surface area (Å²) in [6.45, 7) is 9.21. The molecule has 0 aliphatic carbocycles. The second-order valence-electron chi connectivity index (χ2n) is 7.51. The van der Waals surface area contributed by atoms with E-state index in [9.17, 15) is 4.79 Å². The summed E-state index contributed by atoms with van der Waals surface area (Å²) in [6.07, 6.45) is 2.61. The third-order valence-electron chi connectivity index (χ3n) is 4.92. The lowest BCUT2D eigenvalue weighted by atomic mass is 9.98. The van der Waals surface area contributed by atoms with Crippen LogP contribution < -0.4 is 10.1 Å². The molecule has 1 atom stereocenters. The average Bonchev–Trinajstić information content (AvgIpc) is 3.20. The van der Waals surface area contributed by atoms with Crippen molar-refractivity contribution in [1.29, 1.82) is 0 Å². The van der Waals surface area contributed by atoms with Crippen LogP contribution in [0.1, 0.15) is 48.9 Å². The molecule has 1 amide bonds.